The van der Waals surface area contributed by atoms with Gasteiger partial charge in [0.1, 0.15) is 6.61 Å². The number of likely N-dealkylation sites (tertiary alicyclic amines) is 1. The molecule has 18 heavy (non-hydrogen) atoms. The lowest BCUT2D eigenvalue weighted by Crippen LogP contribution is -2.41. The monoisotopic (exact) mass is 265 g/mol. The molecule has 0 saturated carbocycles. The minimum atomic E-state index is -0.495. The molecule has 0 atom stereocenters. The molecule has 98 valence electrons. The molecule has 0 bridgehead atoms. The summed E-state index contributed by atoms with van der Waals surface area (Å²) in [5.74, 6) is 5.68. The molecule has 2 rings (SSSR count). The van der Waals surface area contributed by atoms with Crippen molar-refractivity contribution in [1.82, 2.24) is 4.90 Å². The third-order valence-corrected chi connectivity index (χ3v) is 4.25. The van der Waals surface area contributed by atoms with Gasteiger partial charge in [0.2, 0.25) is 0 Å². The standard InChI is InChI=1S/C14H19NO2S/c1-14(17)5-7-15(8-6-14)11-13-12(3-2-9-16)4-10-18-13/h4,10,16-17H,5-9,11H2,1H3. The lowest BCUT2D eigenvalue weighted by molar-refractivity contribution is -0.00707. The summed E-state index contributed by atoms with van der Waals surface area (Å²) in [6, 6.07) is 2.00. The van der Waals surface area contributed by atoms with Crippen LogP contribution in [-0.2, 0) is 6.54 Å². The summed E-state index contributed by atoms with van der Waals surface area (Å²) in [6.45, 7) is 4.56. The van der Waals surface area contributed by atoms with E-state index in [4.69, 9.17) is 5.11 Å². The molecule has 1 aromatic heterocycles. The Morgan fingerprint density at radius 2 is 2.17 bits per heavy atom. The normalized spacial score (nSPS) is 19.3. The van der Waals surface area contributed by atoms with E-state index in [1.807, 2.05) is 18.4 Å². The number of nitrogens with zero attached hydrogens (tertiary/aromatic N) is 1. The molecule has 0 amide bonds. The number of rotatable bonds is 2. The van der Waals surface area contributed by atoms with Crippen LogP contribution in [0.25, 0.3) is 0 Å². The van der Waals surface area contributed by atoms with Crippen molar-refractivity contribution in [2.75, 3.05) is 19.7 Å². The van der Waals surface area contributed by atoms with Crippen molar-refractivity contribution >= 4 is 11.3 Å². The second-order valence-electron chi connectivity index (χ2n) is 4.99. The molecule has 4 heteroatoms. The summed E-state index contributed by atoms with van der Waals surface area (Å²) >= 11 is 1.71. The minimum absolute atomic E-state index is 0.0954. The van der Waals surface area contributed by atoms with E-state index in [2.05, 4.69) is 16.7 Å². The van der Waals surface area contributed by atoms with Crippen molar-refractivity contribution in [2.24, 2.45) is 0 Å². The highest BCUT2D eigenvalue weighted by Gasteiger charge is 2.27. The molecule has 3 nitrogen and oxygen atoms in total. The first-order chi connectivity index (χ1) is 8.61. The van der Waals surface area contributed by atoms with Crippen LogP contribution in [0.3, 0.4) is 0 Å². The third kappa shape index (κ3) is 3.56. The van der Waals surface area contributed by atoms with Gasteiger partial charge in [-0.25, -0.2) is 0 Å². The van der Waals surface area contributed by atoms with Crippen LogP contribution in [0.15, 0.2) is 11.4 Å². The molecule has 1 fully saturated rings. The first-order valence-corrected chi connectivity index (χ1v) is 7.09. The number of hydrogen-bond acceptors (Lipinski definition) is 4. The molecular formula is C14H19NO2S. The van der Waals surface area contributed by atoms with Gasteiger partial charge < -0.3 is 10.2 Å². The second-order valence-corrected chi connectivity index (χ2v) is 5.99. The van der Waals surface area contributed by atoms with Crippen LogP contribution < -0.4 is 0 Å². The largest absolute Gasteiger partial charge is 0.390 e. The maximum atomic E-state index is 9.91. The van der Waals surface area contributed by atoms with Gasteiger partial charge in [-0.15, -0.1) is 11.3 Å². The van der Waals surface area contributed by atoms with E-state index in [1.165, 1.54) is 4.88 Å². The maximum Gasteiger partial charge on any atom is 0.104 e. The summed E-state index contributed by atoms with van der Waals surface area (Å²) in [7, 11) is 0. The van der Waals surface area contributed by atoms with Crippen LogP contribution in [0.2, 0.25) is 0 Å². The van der Waals surface area contributed by atoms with Crippen molar-refractivity contribution < 1.29 is 10.2 Å². The van der Waals surface area contributed by atoms with E-state index in [9.17, 15) is 5.11 Å². The second kappa shape index (κ2) is 5.85. The topological polar surface area (TPSA) is 43.7 Å². The Morgan fingerprint density at radius 3 is 2.83 bits per heavy atom. The average Bonchev–Trinajstić information content (AvgIpc) is 2.77. The minimum Gasteiger partial charge on any atom is -0.390 e. The first-order valence-electron chi connectivity index (χ1n) is 6.21. The zero-order chi connectivity index (χ0) is 13.0. The number of aliphatic hydroxyl groups excluding tert-OH is 1. The lowest BCUT2D eigenvalue weighted by atomic mass is 9.94. The van der Waals surface area contributed by atoms with Gasteiger partial charge in [-0.05, 0) is 31.2 Å². The zero-order valence-electron chi connectivity index (χ0n) is 10.6. The summed E-state index contributed by atoms with van der Waals surface area (Å²) in [5, 5.41) is 20.7. The van der Waals surface area contributed by atoms with Gasteiger partial charge in [-0.3, -0.25) is 4.90 Å². The summed E-state index contributed by atoms with van der Waals surface area (Å²) in [4.78, 5) is 3.60. The average molecular weight is 265 g/mol. The van der Waals surface area contributed by atoms with E-state index in [0.717, 1.165) is 38.0 Å². The van der Waals surface area contributed by atoms with Crippen LogP contribution in [0.5, 0.6) is 0 Å². The SMILES string of the molecule is CC1(O)CCN(Cc2sccc2C#CCO)CC1. The van der Waals surface area contributed by atoms with Crippen molar-refractivity contribution in [3.05, 3.63) is 21.9 Å². The quantitative estimate of drug-likeness (QED) is 0.795. The summed E-state index contributed by atoms with van der Waals surface area (Å²) in [5.41, 5.74) is 0.525. The predicted molar refractivity (Wildman–Crippen MR) is 73.4 cm³/mol. The van der Waals surface area contributed by atoms with Gasteiger partial charge >= 0.3 is 0 Å². The van der Waals surface area contributed by atoms with Gasteiger partial charge in [0.05, 0.1) is 5.60 Å². The van der Waals surface area contributed by atoms with Gasteiger partial charge in [-0.2, -0.15) is 0 Å². The highest BCUT2D eigenvalue weighted by molar-refractivity contribution is 7.10. The smallest absolute Gasteiger partial charge is 0.104 e. The third-order valence-electron chi connectivity index (χ3n) is 3.35. The lowest BCUT2D eigenvalue weighted by Gasteiger charge is -2.35. The molecule has 0 spiro atoms. The Kier molecular flexibility index (Phi) is 4.41. The van der Waals surface area contributed by atoms with Gasteiger partial charge in [0.15, 0.2) is 0 Å². The Bertz CT molecular complexity index is 446. The van der Waals surface area contributed by atoms with Crippen molar-refractivity contribution in [3.8, 4) is 11.8 Å². The molecule has 1 saturated heterocycles. The molecule has 0 radical (unpaired) electrons. The molecule has 0 aliphatic carbocycles. The predicted octanol–water partition coefficient (Wildman–Crippen LogP) is 1.44. The van der Waals surface area contributed by atoms with Gasteiger partial charge in [0.25, 0.3) is 0 Å². The molecule has 1 aromatic rings. The number of thiophene rings is 1. The number of aliphatic hydroxyl groups is 2. The zero-order valence-corrected chi connectivity index (χ0v) is 11.5. The molecule has 2 N–H and O–H groups in total. The molecule has 2 heterocycles. The number of hydrogen-bond donors (Lipinski definition) is 2. The summed E-state index contributed by atoms with van der Waals surface area (Å²) < 4.78 is 0. The fourth-order valence-electron chi connectivity index (χ4n) is 2.11. The van der Waals surface area contributed by atoms with E-state index in [0.29, 0.717) is 0 Å². The fraction of sp³-hybridized carbons (Fsp3) is 0.571. The fourth-order valence-corrected chi connectivity index (χ4v) is 2.98. The molecule has 1 aliphatic rings. The Balaban J connectivity index is 1.96. The van der Waals surface area contributed by atoms with Crippen LogP contribution >= 0.6 is 11.3 Å². The molecular weight excluding hydrogens is 246 g/mol. The van der Waals surface area contributed by atoms with E-state index in [1.54, 1.807) is 11.3 Å². The van der Waals surface area contributed by atoms with Crippen molar-refractivity contribution in [2.45, 2.75) is 31.9 Å². The van der Waals surface area contributed by atoms with E-state index in [-0.39, 0.29) is 6.61 Å². The van der Waals surface area contributed by atoms with E-state index < -0.39 is 5.60 Å². The molecule has 0 aromatic carbocycles. The molecule has 1 aliphatic heterocycles. The highest BCUT2D eigenvalue weighted by atomic mass is 32.1. The van der Waals surface area contributed by atoms with Crippen molar-refractivity contribution in [1.29, 1.82) is 0 Å². The van der Waals surface area contributed by atoms with Gasteiger partial charge in [-0.1, -0.05) is 11.8 Å². The Labute approximate surface area is 112 Å². The first kappa shape index (κ1) is 13.6. The van der Waals surface area contributed by atoms with Crippen LogP contribution in [0.1, 0.15) is 30.2 Å². The maximum absolute atomic E-state index is 9.91. The van der Waals surface area contributed by atoms with E-state index >= 15 is 0 Å². The number of piperidine rings is 1. The summed E-state index contributed by atoms with van der Waals surface area (Å²) in [6.07, 6.45) is 1.66. The Morgan fingerprint density at radius 1 is 1.44 bits per heavy atom. The van der Waals surface area contributed by atoms with Gasteiger partial charge in [0, 0.05) is 30.1 Å². The van der Waals surface area contributed by atoms with Crippen LogP contribution in [0.4, 0.5) is 0 Å². The van der Waals surface area contributed by atoms with Crippen LogP contribution in [0, 0.1) is 11.8 Å². The molecule has 0 unspecified atom stereocenters. The highest BCUT2D eigenvalue weighted by Crippen LogP contribution is 2.24. The Hall–Kier alpha value is -0.860. The van der Waals surface area contributed by atoms with Crippen molar-refractivity contribution in [3.63, 3.8) is 0 Å². The van der Waals surface area contributed by atoms with Crippen LogP contribution in [-0.4, -0.2) is 40.4 Å².